The van der Waals surface area contributed by atoms with Crippen LogP contribution in [0.1, 0.15) is 78.6 Å². The quantitative estimate of drug-likeness (QED) is 0.382. The normalized spacial score (nSPS) is 46.7. The van der Waals surface area contributed by atoms with Gasteiger partial charge in [-0.3, -0.25) is 0 Å². The van der Waals surface area contributed by atoms with Crippen LogP contribution < -0.4 is 0 Å². The van der Waals surface area contributed by atoms with E-state index >= 15 is 0 Å². The molecule has 0 amide bonds. The van der Waals surface area contributed by atoms with E-state index < -0.39 is 16.6 Å². The maximum Gasteiger partial charge on any atom is 0.184 e. The Morgan fingerprint density at radius 3 is 2.16 bits per heavy atom. The minimum atomic E-state index is -1.60. The molecule has 9 atom stereocenters. The van der Waals surface area contributed by atoms with E-state index in [2.05, 4.69) is 60.1 Å². The van der Waals surface area contributed by atoms with E-state index in [1.807, 2.05) is 0 Å². The molecule has 0 heterocycles. The van der Waals surface area contributed by atoms with Crippen molar-refractivity contribution in [3.8, 4) is 0 Å². The van der Waals surface area contributed by atoms with Crippen LogP contribution in [0.2, 0.25) is 39.3 Å². The summed E-state index contributed by atoms with van der Waals surface area (Å²) in [5.74, 6) is 4.21. The highest BCUT2D eigenvalue weighted by Crippen LogP contribution is 2.68. The molecule has 3 unspecified atom stereocenters. The lowest BCUT2D eigenvalue weighted by atomic mass is 9.44. The largest absolute Gasteiger partial charge is 0.415 e. The molecule has 2 nitrogen and oxygen atoms in total. The van der Waals surface area contributed by atoms with Gasteiger partial charge in [-0.05, 0) is 132 Å². The second kappa shape index (κ2) is 8.24. The molecular formula is C27H52O2Si2. The predicted octanol–water partition coefficient (Wildman–Crippen LogP) is 8.11. The van der Waals surface area contributed by atoms with Gasteiger partial charge in [0.15, 0.2) is 16.6 Å². The van der Waals surface area contributed by atoms with Crippen LogP contribution in [0, 0.1) is 40.4 Å². The van der Waals surface area contributed by atoms with Gasteiger partial charge in [-0.2, -0.15) is 0 Å². The Kier molecular flexibility index (Phi) is 6.50. The van der Waals surface area contributed by atoms with E-state index in [0.717, 1.165) is 23.7 Å². The van der Waals surface area contributed by atoms with Crippen LogP contribution >= 0.6 is 0 Å². The second-order valence-electron chi connectivity index (χ2n) is 14.4. The summed E-state index contributed by atoms with van der Waals surface area (Å²) in [5, 5.41) is 0. The summed E-state index contributed by atoms with van der Waals surface area (Å²) in [5.41, 5.74) is 0.910. The lowest BCUT2D eigenvalue weighted by Gasteiger charge is -2.63. The minimum Gasteiger partial charge on any atom is -0.415 e. The summed E-state index contributed by atoms with van der Waals surface area (Å²) in [4.78, 5) is 0. The molecule has 4 rings (SSSR count). The molecule has 0 radical (unpaired) electrons. The van der Waals surface area contributed by atoms with Gasteiger partial charge in [-0.25, -0.2) is 0 Å². The van der Waals surface area contributed by atoms with Crippen LogP contribution in [0.25, 0.3) is 0 Å². The number of hydrogen-bond acceptors (Lipinski definition) is 2. The maximum atomic E-state index is 7.17. The highest BCUT2D eigenvalue weighted by molar-refractivity contribution is 6.70. The zero-order valence-electron chi connectivity index (χ0n) is 22.2. The van der Waals surface area contributed by atoms with E-state index in [1.54, 1.807) is 0 Å². The molecule has 4 saturated carbocycles. The van der Waals surface area contributed by atoms with Crippen LogP contribution in [-0.2, 0) is 8.85 Å². The highest BCUT2D eigenvalue weighted by Gasteiger charge is 2.64. The van der Waals surface area contributed by atoms with Crippen molar-refractivity contribution in [1.82, 2.24) is 0 Å². The fourth-order valence-electron chi connectivity index (χ4n) is 9.40. The van der Waals surface area contributed by atoms with E-state index in [0.29, 0.717) is 29.0 Å². The molecule has 0 aromatic carbocycles. The first kappa shape index (κ1) is 24.5. The summed E-state index contributed by atoms with van der Waals surface area (Å²) in [6.07, 6.45) is 13.7. The second-order valence-corrected chi connectivity index (χ2v) is 23.3. The Morgan fingerprint density at radius 2 is 1.52 bits per heavy atom. The van der Waals surface area contributed by atoms with Crippen molar-refractivity contribution in [3.63, 3.8) is 0 Å². The van der Waals surface area contributed by atoms with Gasteiger partial charge in [0.1, 0.15) is 0 Å². The Bertz CT molecular complexity index is 653. The molecule has 0 bridgehead atoms. The molecule has 4 heteroatoms. The predicted molar refractivity (Wildman–Crippen MR) is 137 cm³/mol. The first-order valence-corrected chi connectivity index (χ1v) is 20.4. The third-order valence-electron chi connectivity index (χ3n) is 10.2. The first-order valence-electron chi connectivity index (χ1n) is 13.6. The van der Waals surface area contributed by atoms with Crippen molar-refractivity contribution >= 4 is 16.6 Å². The van der Waals surface area contributed by atoms with Crippen LogP contribution in [0.5, 0.6) is 0 Å². The zero-order chi connectivity index (χ0) is 22.8. The lowest BCUT2D eigenvalue weighted by molar-refractivity contribution is -0.168. The summed E-state index contributed by atoms with van der Waals surface area (Å²) >= 11 is 0. The molecule has 0 saturated heterocycles. The Balaban J connectivity index is 1.68. The van der Waals surface area contributed by atoms with Crippen LogP contribution in [0.15, 0.2) is 0 Å². The van der Waals surface area contributed by atoms with Gasteiger partial charge >= 0.3 is 0 Å². The molecule has 4 aliphatic carbocycles. The van der Waals surface area contributed by atoms with Gasteiger partial charge in [-0.1, -0.05) is 26.7 Å². The van der Waals surface area contributed by atoms with E-state index in [-0.39, 0.29) is 0 Å². The SMILES string of the molecule is C[C@H](O[Si](C)(C)C)[C@H]1CCC2C3CC[C@@H]4CCCC[C@]4(C)C3[C@@H](O[Si](C)(C)C)C[C@@]21C. The van der Waals surface area contributed by atoms with Crippen molar-refractivity contribution in [2.75, 3.05) is 0 Å². The van der Waals surface area contributed by atoms with Crippen LogP contribution in [0.4, 0.5) is 0 Å². The summed E-state index contributed by atoms with van der Waals surface area (Å²) in [6, 6.07) is 0. The molecule has 4 fully saturated rings. The van der Waals surface area contributed by atoms with Gasteiger partial charge in [-0.15, -0.1) is 0 Å². The van der Waals surface area contributed by atoms with Gasteiger partial charge in [0.25, 0.3) is 0 Å². The number of fused-ring (bicyclic) bond motifs is 5. The van der Waals surface area contributed by atoms with Crippen molar-refractivity contribution < 1.29 is 8.85 Å². The van der Waals surface area contributed by atoms with Gasteiger partial charge in [0.2, 0.25) is 0 Å². The zero-order valence-corrected chi connectivity index (χ0v) is 24.2. The average Bonchev–Trinajstić information content (AvgIpc) is 2.94. The van der Waals surface area contributed by atoms with E-state index in [9.17, 15) is 0 Å². The smallest absolute Gasteiger partial charge is 0.184 e. The fraction of sp³-hybridized carbons (Fsp3) is 1.00. The maximum absolute atomic E-state index is 7.17. The first-order chi connectivity index (χ1) is 14.2. The molecule has 180 valence electrons. The molecule has 0 N–H and O–H groups in total. The highest BCUT2D eigenvalue weighted by atomic mass is 28.4. The van der Waals surface area contributed by atoms with Crippen molar-refractivity contribution in [1.29, 1.82) is 0 Å². The minimum absolute atomic E-state index is 0.391. The fourth-order valence-corrected chi connectivity index (χ4v) is 11.8. The third-order valence-corrected chi connectivity index (χ3v) is 12.3. The van der Waals surface area contributed by atoms with Crippen molar-refractivity contribution in [2.45, 2.75) is 130 Å². The topological polar surface area (TPSA) is 18.5 Å². The van der Waals surface area contributed by atoms with Crippen LogP contribution in [-0.4, -0.2) is 28.8 Å². The Morgan fingerprint density at radius 1 is 0.806 bits per heavy atom. The molecule has 4 aliphatic rings. The Labute approximate surface area is 195 Å². The summed E-state index contributed by atoms with van der Waals surface area (Å²) < 4.78 is 13.9. The van der Waals surface area contributed by atoms with Crippen molar-refractivity contribution in [3.05, 3.63) is 0 Å². The molecule has 0 aromatic heterocycles. The Hall–Kier alpha value is 0.354. The van der Waals surface area contributed by atoms with Gasteiger partial charge < -0.3 is 8.85 Å². The van der Waals surface area contributed by atoms with Crippen LogP contribution in [0.3, 0.4) is 0 Å². The summed E-state index contributed by atoms with van der Waals surface area (Å²) in [7, 11) is -3.13. The molecule has 0 aromatic rings. The average molecular weight is 465 g/mol. The monoisotopic (exact) mass is 464 g/mol. The van der Waals surface area contributed by atoms with E-state index in [1.165, 1.54) is 57.8 Å². The lowest BCUT2D eigenvalue weighted by Crippen LogP contribution is -2.60. The van der Waals surface area contributed by atoms with Gasteiger partial charge in [0, 0.05) is 12.2 Å². The molecule has 31 heavy (non-hydrogen) atoms. The standard InChI is InChI=1S/C27H52O2Si2/c1-19(28-30(4,5)6)22-15-16-23-21-14-13-20-12-10-11-17-26(20,2)25(21)24(18-27(22,23)3)29-31(7,8)9/h19-25H,10-18H2,1-9H3/t19-,20-,21?,22+,23?,24-,25?,26-,27+/m0/s1. The number of rotatable bonds is 5. The van der Waals surface area contributed by atoms with Crippen molar-refractivity contribution in [2.24, 2.45) is 40.4 Å². The number of hydrogen-bond donors (Lipinski definition) is 0. The molecule has 0 aliphatic heterocycles. The molecule has 0 spiro atoms. The third kappa shape index (κ3) is 4.54. The summed E-state index contributed by atoms with van der Waals surface area (Å²) in [6.45, 7) is 22.1. The molecular weight excluding hydrogens is 412 g/mol. The van der Waals surface area contributed by atoms with Gasteiger partial charge in [0.05, 0.1) is 0 Å². The van der Waals surface area contributed by atoms with E-state index in [4.69, 9.17) is 8.85 Å².